The van der Waals surface area contributed by atoms with Crippen LogP contribution in [0.1, 0.15) is 36.0 Å². The fourth-order valence-corrected chi connectivity index (χ4v) is 5.09. The third-order valence-electron chi connectivity index (χ3n) is 7.36. The smallest absolute Gasteiger partial charge is 0.490 e. The van der Waals surface area contributed by atoms with Gasteiger partial charge < -0.3 is 35.1 Å². The number of hydrogen-bond donors (Lipinski definition) is 3. The molecule has 0 radical (unpaired) electrons. The first-order valence-electron chi connectivity index (χ1n) is 14.3. The van der Waals surface area contributed by atoms with Crippen LogP contribution < -0.4 is 30.2 Å². The van der Waals surface area contributed by atoms with Gasteiger partial charge in [-0.15, -0.1) is 13.2 Å². The fraction of sp³-hybridized carbons (Fsp3) is 0.517. The summed E-state index contributed by atoms with van der Waals surface area (Å²) in [5, 5.41) is 8.08. The van der Waals surface area contributed by atoms with Gasteiger partial charge in [-0.25, -0.2) is 4.79 Å². The van der Waals surface area contributed by atoms with Crippen molar-refractivity contribution in [2.45, 2.75) is 50.8 Å². The molecule has 2 aromatic carbocycles. The van der Waals surface area contributed by atoms with Crippen LogP contribution in [0.25, 0.3) is 0 Å². The molecule has 2 aliphatic rings. The number of alkyl halides is 5. The van der Waals surface area contributed by atoms with Crippen molar-refractivity contribution in [3.63, 3.8) is 0 Å². The van der Waals surface area contributed by atoms with Gasteiger partial charge in [0.05, 0.1) is 11.7 Å². The Morgan fingerprint density at radius 3 is 2.39 bits per heavy atom. The predicted molar refractivity (Wildman–Crippen MR) is 151 cm³/mol. The SMILES string of the molecule is CN1CCN(CCNC(=O)c2cc(OC3CCC(NC(=O)Nc4cccc(OC(F)(F)F)c4)CC3)ccc2OC(F)F)CC1. The maximum atomic E-state index is 13.0. The van der Waals surface area contributed by atoms with Crippen LogP contribution in [0.15, 0.2) is 42.5 Å². The van der Waals surface area contributed by atoms with Gasteiger partial charge >= 0.3 is 19.0 Å². The minimum absolute atomic E-state index is 0.0575. The van der Waals surface area contributed by atoms with Gasteiger partial charge in [0.1, 0.15) is 17.2 Å². The monoisotopic (exact) mass is 629 g/mol. The summed E-state index contributed by atoms with van der Waals surface area (Å²) in [5.74, 6) is -0.924. The molecule has 0 bridgehead atoms. The van der Waals surface area contributed by atoms with Gasteiger partial charge in [0.25, 0.3) is 5.91 Å². The molecule has 15 heteroatoms. The summed E-state index contributed by atoms with van der Waals surface area (Å²) in [4.78, 5) is 29.8. The van der Waals surface area contributed by atoms with Crippen LogP contribution in [-0.4, -0.2) is 93.2 Å². The Labute approximate surface area is 251 Å². The molecule has 3 N–H and O–H groups in total. The largest absolute Gasteiger partial charge is 0.573 e. The number of hydrogen-bond acceptors (Lipinski definition) is 7. The quantitative estimate of drug-likeness (QED) is 0.311. The highest BCUT2D eigenvalue weighted by molar-refractivity contribution is 5.97. The maximum absolute atomic E-state index is 13.0. The Balaban J connectivity index is 1.26. The number of likely N-dealkylation sites (N-methyl/N-ethyl adjacent to an activating group) is 1. The van der Waals surface area contributed by atoms with Crippen molar-refractivity contribution in [3.8, 4) is 17.2 Å². The predicted octanol–water partition coefficient (Wildman–Crippen LogP) is 4.68. The topological polar surface area (TPSA) is 104 Å². The number of amides is 3. The number of piperazine rings is 1. The number of halogens is 5. The molecule has 44 heavy (non-hydrogen) atoms. The van der Waals surface area contributed by atoms with E-state index in [-0.39, 0.29) is 29.1 Å². The second-order valence-corrected chi connectivity index (χ2v) is 10.7. The van der Waals surface area contributed by atoms with Crippen molar-refractivity contribution in [2.24, 2.45) is 0 Å². The second kappa shape index (κ2) is 15.2. The van der Waals surface area contributed by atoms with Gasteiger partial charge in [-0.2, -0.15) is 8.78 Å². The van der Waals surface area contributed by atoms with E-state index in [1.54, 1.807) is 0 Å². The highest BCUT2D eigenvalue weighted by Crippen LogP contribution is 2.30. The van der Waals surface area contributed by atoms with E-state index >= 15 is 0 Å². The summed E-state index contributed by atoms with van der Waals surface area (Å²) in [6.07, 6.45) is -2.86. The summed E-state index contributed by atoms with van der Waals surface area (Å²) in [7, 11) is 2.05. The summed E-state index contributed by atoms with van der Waals surface area (Å²) < 4.78 is 77.9. The molecule has 1 saturated carbocycles. The zero-order chi connectivity index (χ0) is 31.7. The highest BCUT2D eigenvalue weighted by Gasteiger charge is 2.31. The third kappa shape index (κ3) is 10.7. The first-order chi connectivity index (χ1) is 20.9. The third-order valence-corrected chi connectivity index (χ3v) is 7.36. The summed E-state index contributed by atoms with van der Waals surface area (Å²) in [6, 6.07) is 8.32. The molecule has 2 fully saturated rings. The van der Waals surface area contributed by atoms with Crippen LogP contribution in [0.5, 0.6) is 17.2 Å². The highest BCUT2D eigenvalue weighted by atomic mass is 19.4. The van der Waals surface area contributed by atoms with Crippen LogP contribution in [0.2, 0.25) is 0 Å². The summed E-state index contributed by atoms with van der Waals surface area (Å²) in [5.41, 5.74) is 0.0811. The van der Waals surface area contributed by atoms with Gasteiger partial charge in [-0.05, 0) is 63.1 Å². The van der Waals surface area contributed by atoms with E-state index < -0.39 is 30.7 Å². The number of urea groups is 1. The molecule has 0 atom stereocenters. The molecular weight excluding hydrogens is 593 g/mol. The van der Waals surface area contributed by atoms with Crippen LogP contribution in [0.4, 0.5) is 32.4 Å². The second-order valence-electron chi connectivity index (χ2n) is 10.7. The standard InChI is InChI=1S/C29H36F5N5O5/c1-38-13-15-39(16-14-38)12-11-35-26(40)24-18-22(9-10-25(24)43-27(30)31)42-21-7-5-19(6-8-21)36-28(41)37-20-3-2-4-23(17-20)44-29(32,33)34/h2-4,9-10,17-19,21,27H,5-8,11-16H2,1H3,(H,35,40)(H2,36,37,41). The van der Waals surface area contributed by atoms with Gasteiger partial charge in [0, 0.05) is 57.1 Å². The first kappa shape index (κ1) is 33.1. The van der Waals surface area contributed by atoms with Gasteiger partial charge in [0.2, 0.25) is 0 Å². The van der Waals surface area contributed by atoms with E-state index in [1.165, 1.54) is 30.3 Å². The van der Waals surface area contributed by atoms with Crippen LogP contribution in [0.3, 0.4) is 0 Å². The van der Waals surface area contributed by atoms with Gasteiger partial charge in [0.15, 0.2) is 0 Å². The Morgan fingerprint density at radius 2 is 1.70 bits per heavy atom. The Bertz CT molecular complexity index is 1250. The normalized spacial score (nSPS) is 19.7. The average Bonchev–Trinajstić information content (AvgIpc) is 2.95. The molecule has 242 valence electrons. The lowest BCUT2D eigenvalue weighted by Gasteiger charge is -2.32. The summed E-state index contributed by atoms with van der Waals surface area (Å²) in [6.45, 7) is 1.51. The lowest BCUT2D eigenvalue weighted by molar-refractivity contribution is -0.274. The lowest BCUT2D eigenvalue weighted by Crippen LogP contribution is -2.46. The van der Waals surface area contributed by atoms with Gasteiger partial charge in [-0.3, -0.25) is 9.69 Å². The molecule has 0 spiro atoms. The van der Waals surface area contributed by atoms with E-state index in [1.807, 2.05) is 7.05 Å². The molecule has 2 aromatic rings. The van der Waals surface area contributed by atoms with Crippen molar-refractivity contribution >= 4 is 17.6 Å². The molecule has 0 unspecified atom stereocenters. The number of anilines is 1. The number of carbonyl (C=O) groups is 2. The van der Waals surface area contributed by atoms with Crippen molar-refractivity contribution in [1.82, 2.24) is 20.4 Å². The van der Waals surface area contributed by atoms with Crippen molar-refractivity contribution in [1.29, 1.82) is 0 Å². The van der Waals surface area contributed by atoms with Gasteiger partial charge in [-0.1, -0.05) is 6.07 Å². The van der Waals surface area contributed by atoms with E-state index in [0.29, 0.717) is 44.5 Å². The van der Waals surface area contributed by atoms with E-state index in [4.69, 9.17) is 4.74 Å². The Kier molecular flexibility index (Phi) is 11.4. The van der Waals surface area contributed by atoms with E-state index in [0.717, 1.165) is 38.3 Å². The zero-order valence-electron chi connectivity index (χ0n) is 24.2. The molecule has 1 aliphatic heterocycles. The number of nitrogens with zero attached hydrogens (tertiary/aromatic N) is 2. The fourth-order valence-electron chi connectivity index (χ4n) is 5.09. The molecule has 3 amide bonds. The molecule has 10 nitrogen and oxygen atoms in total. The van der Waals surface area contributed by atoms with E-state index in [9.17, 15) is 31.5 Å². The van der Waals surface area contributed by atoms with Crippen LogP contribution in [-0.2, 0) is 0 Å². The summed E-state index contributed by atoms with van der Waals surface area (Å²) >= 11 is 0. The minimum Gasteiger partial charge on any atom is -0.490 e. The molecule has 1 aliphatic carbocycles. The Morgan fingerprint density at radius 1 is 0.977 bits per heavy atom. The van der Waals surface area contributed by atoms with Crippen molar-refractivity contribution in [2.75, 3.05) is 51.6 Å². The van der Waals surface area contributed by atoms with Crippen LogP contribution in [0, 0.1) is 0 Å². The first-order valence-corrected chi connectivity index (χ1v) is 14.3. The molecule has 1 heterocycles. The number of benzene rings is 2. The molecular formula is C29H36F5N5O5. The van der Waals surface area contributed by atoms with E-state index in [2.05, 4.69) is 35.2 Å². The number of rotatable bonds is 11. The van der Waals surface area contributed by atoms with Crippen molar-refractivity contribution in [3.05, 3.63) is 48.0 Å². The average molecular weight is 630 g/mol. The molecule has 1 saturated heterocycles. The number of ether oxygens (including phenoxy) is 3. The molecule has 0 aromatic heterocycles. The molecule has 4 rings (SSSR count). The zero-order valence-corrected chi connectivity index (χ0v) is 24.2. The number of carbonyl (C=O) groups excluding carboxylic acids is 2. The Hall–Kier alpha value is -3.85. The minimum atomic E-state index is -4.85. The van der Waals surface area contributed by atoms with Crippen molar-refractivity contribution < 1.29 is 45.8 Å². The number of nitrogens with one attached hydrogen (secondary N) is 3. The maximum Gasteiger partial charge on any atom is 0.573 e. The lowest BCUT2D eigenvalue weighted by atomic mass is 9.93. The van der Waals surface area contributed by atoms with Crippen LogP contribution >= 0.6 is 0 Å².